The molecule has 1 aromatic carbocycles. The molecular weight excluding hydrogens is 292 g/mol. The molecule has 0 atom stereocenters. The van der Waals surface area contributed by atoms with E-state index in [1.165, 1.54) is 11.1 Å². The smallest absolute Gasteiger partial charge is 0.232 e. The summed E-state index contributed by atoms with van der Waals surface area (Å²) in [6, 6.07) is 7.99. The van der Waals surface area contributed by atoms with Crippen molar-refractivity contribution >= 4 is 33.4 Å². The highest BCUT2D eigenvalue weighted by Crippen LogP contribution is 2.24. The van der Waals surface area contributed by atoms with E-state index in [0.29, 0.717) is 16.4 Å². The Morgan fingerprint density at radius 1 is 1.06 bits per heavy atom. The van der Waals surface area contributed by atoms with Crippen LogP contribution in [0.2, 0.25) is 0 Å². The zero-order chi connectivity index (χ0) is 13.3. The Kier molecular flexibility index (Phi) is 3.52. The molecule has 0 radical (unpaired) electrons. The molecule has 1 aromatic heterocycles. The number of aromatic nitrogens is 2. The fraction of sp³-hybridized carbons (Fsp3) is 0.231. The van der Waals surface area contributed by atoms with Crippen LogP contribution in [0, 0.1) is 13.8 Å². The molecule has 5 heteroatoms. The van der Waals surface area contributed by atoms with E-state index in [9.17, 15) is 0 Å². The fourth-order valence-electron chi connectivity index (χ4n) is 1.83. The Balaban J connectivity index is 2.43. The second kappa shape index (κ2) is 4.94. The summed E-state index contributed by atoms with van der Waals surface area (Å²) in [7, 11) is 1.93. The Morgan fingerprint density at radius 2 is 1.67 bits per heavy atom. The highest BCUT2D eigenvalue weighted by Gasteiger charge is 2.09. The zero-order valence-electron chi connectivity index (χ0n) is 10.6. The van der Waals surface area contributed by atoms with Gasteiger partial charge in [0.1, 0.15) is 10.4 Å². The van der Waals surface area contributed by atoms with Crippen molar-refractivity contribution in [2.75, 3.05) is 17.7 Å². The maximum Gasteiger partial charge on any atom is 0.232 e. The maximum absolute atomic E-state index is 5.73. The number of anilines is 3. The van der Waals surface area contributed by atoms with Gasteiger partial charge in [-0.1, -0.05) is 6.07 Å². The minimum absolute atomic E-state index is 0.447. The predicted octanol–water partition coefficient (Wildman–Crippen LogP) is 3.21. The first kappa shape index (κ1) is 12.8. The van der Waals surface area contributed by atoms with Crippen LogP contribution in [-0.4, -0.2) is 17.0 Å². The number of benzene rings is 1. The van der Waals surface area contributed by atoms with E-state index >= 15 is 0 Å². The van der Waals surface area contributed by atoms with Gasteiger partial charge in [0.25, 0.3) is 0 Å². The van der Waals surface area contributed by atoms with Crippen molar-refractivity contribution in [3.05, 3.63) is 40.0 Å². The van der Waals surface area contributed by atoms with Crippen LogP contribution >= 0.6 is 15.9 Å². The fourth-order valence-corrected chi connectivity index (χ4v) is 2.23. The van der Waals surface area contributed by atoms with Gasteiger partial charge in [-0.25, -0.2) is 4.98 Å². The van der Waals surface area contributed by atoms with Crippen LogP contribution in [0.4, 0.5) is 17.5 Å². The third-order valence-electron chi connectivity index (χ3n) is 2.60. The minimum Gasteiger partial charge on any atom is -0.383 e. The average molecular weight is 307 g/mol. The highest BCUT2D eigenvalue weighted by molar-refractivity contribution is 9.10. The van der Waals surface area contributed by atoms with Crippen molar-refractivity contribution in [3.8, 4) is 0 Å². The van der Waals surface area contributed by atoms with E-state index in [0.717, 1.165) is 5.69 Å². The summed E-state index contributed by atoms with van der Waals surface area (Å²) < 4.78 is 0.682. The molecule has 94 valence electrons. The number of hydrogen-bond acceptors (Lipinski definition) is 4. The van der Waals surface area contributed by atoms with Crippen LogP contribution in [0.1, 0.15) is 11.1 Å². The van der Waals surface area contributed by atoms with E-state index < -0.39 is 0 Å². The monoisotopic (exact) mass is 306 g/mol. The molecule has 0 unspecified atom stereocenters. The van der Waals surface area contributed by atoms with Crippen molar-refractivity contribution in [1.29, 1.82) is 0 Å². The van der Waals surface area contributed by atoms with E-state index in [-0.39, 0.29) is 0 Å². The van der Waals surface area contributed by atoms with E-state index in [4.69, 9.17) is 5.73 Å². The largest absolute Gasteiger partial charge is 0.383 e. The van der Waals surface area contributed by atoms with Crippen molar-refractivity contribution in [2.45, 2.75) is 13.8 Å². The van der Waals surface area contributed by atoms with Gasteiger partial charge in [-0.2, -0.15) is 4.98 Å². The van der Waals surface area contributed by atoms with Crippen LogP contribution in [0.3, 0.4) is 0 Å². The minimum atomic E-state index is 0.447. The Labute approximate surface area is 115 Å². The van der Waals surface area contributed by atoms with E-state index in [2.05, 4.69) is 57.9 Å². The normalized spacial score (nSPS) is 10.4. The lowest BCUT2D eigenvalue weighted by molar-refractivity contribution is 1.03. The van der Waals surface area contributed by atoms with Crippen LogP contribution in [0.5, 0.6) is 0 Å². The molecule has 1 heterocycles. The molecule has 0 bridgehead atoms. The van der Waals surface area contributed by atoms with Crippen LogP contribution in [0.15, 0.2) is 28.9 Å². The summed E-state index contributed by atoms with van der Waals surface area (Å²) in [6.07, 6.45) is 0. The molecule has 2 aromatic rings. The molecule has 4 nitrogen and oxygen atoms in total. The summed E-state index contributed by atoms with van der Waals surface area (Å²) in [4.78, 5) is 10.5. The molecule has 0 spiro atoms. The predicted molar refractivity (Wildman–Crippen MR) is 78.1 cm³/mol. The number of rotatable bonds is 2. The van der Waals surface area contributed by atoms with Gasteiger partial charge in [-0.15, -0.1) is 0 Å². The van der Waals surface area contributed by atoms with Gasteiger partial charge < -0.3 is 10.6 Å². The molecule has 0 saturated carbocycles. The molecule has 0 aliphatic rings. The summed E-state index contributed by atoms with van der Waals surface area (Å²) in [5.41, 5.74) is 9.19. The molecule has 0 amide bonds. The SMILES string of the molecule is Cc1cc(C)cc(N(C)c2nc(N)cc(Br)n2)c1. The Hall–Kier alpha value is -1.62. The van der Waals surface area contributed by atoms with Crippen molar-refractivity contribution in [2.24, 2.45) is 0 Å². The third kappa shape index (κ3) is 2.79. The van der Waals surface area contributed by atoms with Gasteiger partial charge in [0.05, 0.1) is 0 Å². The molecule has 18 heavy (non-hydrogen) atoms. The zero-order valence-corrected chi connectivity index (χ0v) is 12.2. The number of halogens is 1. The second-order valence-electron chi connectivity index (χ2n) is 4.32. The van der Waals surface area contributed by atoms with Crippen LogP contribution < -0.4 is 10.6 Å². The summed E-state index contributed by atoms with van der Waals surface area (Å²) in [5, 5.41) is 0. The lowest BCUT2D eigenvalue weighted by atomic mass is 10.1. The third-order valence-corrected chi connectivity index (χ3v) is 3.00. The van der Waals surface area contributed by atoms with Crippen LogP contribution in [-0.2, 0) is 0 Å². The van der Waals surface area contributed by atoms with E-state index in [1.807, 2.05) is 11.9 Å². The van der Waals surface area contributed by atoms with Gasteiger partial charge in [-0.05, 0) is 53.0 Å². The Morgan fingerprint density at radius 3 is 2.22 bits per heavy atom. The summed E-state index contributed by atoms with van der Waals surface area (Å²) in [5.74, 6) is 1.02. The number of nitrogens with two attached hydrogens (primary N) is 1. The van der Waals surface area contributed by atoms with Crippen molar-refractivity contribution in [3.63, 3.8) is 0 Å². The van der Waals surface area contributed by atoms with Gasteiger partial charge in [0, 0.05) is 18.8 Å². The van der Waals surface area contributed by atoms with Crippen molar-refractivity contribution in [1.82, 2.24) is 9.97 Å². The lowest BCUT2D eigenvalue weighted by Crippen LogP contribution is -2.14. The second-order valence-corrected chi connectivity index (χ2v) is 5.13. The van der Waals surface area contributed by atoms with Gasteiger partial charge in [-0.3, -0.25) is 0 Å². The summed E-state index contributed by atoms with van der Waals surface area (Å²) in [6.45, 7) is 4.14. The first-order valence-electron chi connectivity index (χ1n) is 5.58. The van der Waals surface area contributed by atoms with E-state index in [1.54, 1.807) is 6.07 Å². The topological polar surface area (TPSA) is 55.0 Å². The molecule has 0 fully saturated rings. The lowest BCUT2D eigenvalue weighted by Gasteiger charge is -2.18. The number of nitrogen functional groups attached to an aromatic ring is 1. The maximum atomic E-state index is 5.73. The summed E-state index contributed by atoms with van der Waals surface area (Å²) >= 11 is 3.32. The van der Waals surface area contributed by atoms with Gasteiger partial charge >= 0.3 is 0 Å². The van der Waals surface area contributed by atoms with Gasteiger partial charge in [0.2, 0.25) is 5.95 Å². The highest BCUT2D eigenvalue weighted by atomic mass is 79.9. The molecule has 2 N–H and O–H groups in total. The first-order valence-corrected chi connectivity index (χ1v) is 6.37. The van der Waals surface area contributed by atoms with Crippen LogP contribution in [0.25, 0.3) is 0 Å². The van der Waals surface area contributed by atoms with Crippen molar-refractivity contribution < 1.29 is 0 Å². The molecular formula is C13H15BrN4. The molecule has 0 aliphatic carbocycles. The number of nitrogens with zero attached hydrogens (tertiary/aromatic N) is 3. The number of aryl methyl sites for hydroxylation is 2. The average Bonchev–Trinajstić information content (AvgIpc) is 2.25. The number of hydrogen-bond donors (Lipinski definition) is 1. The molecule has 2 rings (SSSR count). The van der Waals surface area contributed by atoms with Gasteiger partial charge in [0.15, 0.2) is 0 Å². The Bertz CT molecular complexity index is 491. The first-order chi connectivity index (χ1) is 8.45. The molecule has 0 saturated heterocycles. The standard InChI is InChI=1S/C13H15BrN4/c1-8-4-9(2)6-10(5-8)18(3)13-16-11(14)7-12(15)17-13/h4-7H,1-3H3,(H2,15,16,17). The quantitative estimate of drug-likeness (QED) is 0.866. The molecule has 0 aliphatic heterocycles.